The summed E-state index contributed by atoms with van der Waals surface area (Å²) in [5.41, 5.74) is -2.14. The molecule has 1 fully saturated rings. The molecule has 1 heterocycles. The number of benzene rings is 1. The Balaban J connectivity index is 1.86. The van der Waals surface area contributed by atoms with E-state index in [0.717, 1.165) is 18.3 Å². The molecule has 0 N–H and O–H groups in total. The summed E-state index contributed by atoms with van der Waals surface area (Å²) in [4.78, 5) is 17.2. The molecule has 1 aliphatic rings. The number of rotatable bonds is 4. The van der Waals surface area contributed by atoms with Crippen LogP contribution in [0.2, 0.25) is 0 Å². The minimum absolute atomic E-state index is 0.0647. The van der Waals surface area contributed by atoms with Gasteiger partial charge in [0.2, 0.25) is 0 Å². The molecule has 0 unspecified atom stereocenters. The molecular weight excluding hydrogens is 374 g/mol. The van der Waals surface area contributed by atoms with E-state index in [2.05, 4.69) is 4.98 Å². The van der Waals surface area contributed by atoms with Crippen molar-refractivity contribution in [2.24, 2.45) is 0 Å². The monoisotopic (exact) mass is 388 g/mol. The van der Waals surface area contributed by atoms with Crippen LogP contribution in [0.5, 0.6) is 0 Å². The number of nitrogens with zero attached hydrogens (tertiary/aromatic N) is 2. The average Bonchev–Trinajstić information content (AvgIpc) is 3.43. The number of aromatic nitrogens is 1. The maximum atomic E-state index is 13.2. The Morgan fingerprint density at radius 2 is 1.67 bits per heavy atom. The van der Waals surface area contributed by atoms with Gasteiger partial charge in [-0.25, -0.2) is 0 Å². The fourth-order valence-corrected chi connectivity index (χ4v) is 2.73. The lowest BCUT2D eigenvalue weighted by Gasteiger charge is -2.24. The first-order valence-electron chi connectivity index (χ1n) is 8.06. The van der Waals surface area contributed by atoms with Crippen molar-refractivity contribution in [1.29, 1.82) is 0 Å². The molecule has 2 aromatic rings. The number of pyridine rings is 1. The fraction of sp³-hybridized carbons (Fsp3) is 0.333. The third-order valence-corrected chi connectivity index (χ3v) is 4.21. The van der Waals surface area contributed by atoms with Gasteiger partial charge in [0, 0.05) is 18.8 Å². The topological polar surface area (TPSA) is 33.2 Å². The first-order valence-corrected chi connectivity index (χ1v) is 8.06. The molecule has 27 heavy (non-hydrogen) atoms. The number of amides is 1. The van der Waals surface area contributed by atoms with E-state index in [1.807, 2.05) is 0 Å². The van der Waals surface area contributed by atoms with Crippen LogP contribution in [0.25, 0.3) is 0 Å². The van der Waals surface area contributed by atoms with E-state index >= 15 is 0 Å². The van der Waals surface area contributed by atoms with E-state index in [1.165, 1.54) is 23.1 Å². The van der Waals surface area contributed by atoms with Crippen molar-refractivity contribution in [3.05, 3.63) is 65.0 Å². The molecule has 3 rings (SSSR count). The van der Waals surface area contributed by atoms with E-state index < -0.39 is 29.5 Å². The van der Waals surface area contributed by atoms with Crippen LogP contribution in [0.4, 0.5) is 26.3 Å². The Morgan fingerprint density at radius 3 is 2.19 bits per heavy atom. The van der Waals surface area contributed by atoms with Gasteiger partial charge in [-0.2, -0.15) is 26.3 Å². The van der Waals surface area contributed by atoms with Gasteiger partial charge >= 0.3 is 12.4 Å². The molecule has 3 nitrogen and oxygen atoms in total. The van der Waals surface area contributed by atoms with Gasteiger partial charge in [0.15, 0.2) is 0 Å². The highest BCUT2D eigenvalue weighted by molar-refractivity contribution is 5.94. The molecule has 144 valence electrons. The smallest absolute Gasteiger partial charge is 0.331 e. The summed E-state index contributed by atoms with van der Waals surface area (Å²) in [6, 6.07) is 6.36. The molecule has 0 radical (unpaired) electrons. The zero-order valence-corrected chi connectivity index (χ0v) is 13.8. The second-order valence-corrected chi connectivity index (χ2v) is 6.25. The SMILES string of the molecule is O=C(c1ccc(C(F)(F)F)nc1)N(Cc1ccccc1C(F)(F)F)C1CC1. The number of alkyl halides is 6. The molecule has 0 aliphatic heterocycles. The first kappa shape index (κ1) is 19.2. The Kier molecular flexibility index (Phi) is 4.88. The Morgan fingerprint density at radius 1 is 1.00 bits per heavy atom. The van der Waals surface area contributed by atoms with E-state index in [1.54, 1.807) is 0 Å². The predicted molar refractivity (Wildman–Crippen MR) is 83.6 cm³/mol. The predicted octanol–water partition coefficient (Wildman–Crippen LogP) is 4.92. The molecule has 0 spiro atoms. The van der Waals surface area contributed by atoms with Crippen molar-refractivity contribution in [3.8, 4) is 0 Å². The number of hydrogen-bond donors (Lipinski definition) is 0. The van der Waals surface area contributed by atoms with Crippen LogP contribution in [0.15, 0.2) is 42.6 Å². The zero-order valence-electron chi connectivity index (χ0n) is 13.8. The highest BCUT2D eigenvalue weighted by Crippen LogP contribution is 2.35. The lowest BCUT2D eigenvalue weighted by Crippen LogP contribution is -2.33. The highest BCUT2D eigenvalue weighted by atomic mass is 19.4. The maximum Gasteiger partial charge on any atom is 0.433 e. The molecule has 0 saturated heterocycles. The third-order valence-electron chi connectivity index (χ3n) is 4.21. The average molecular weight is 388 g/mol. The summed E-state index contributed by atoms with van der Waals surface area (Å²) < 4.78 is 77.3. The Hall–Kier alpha value is -2.58. The van der Waals surface area contributed by atoms with Crippen LogP contribution >= 0.6 is 0 Å². The molecule has 0 bridgehead atoms. The molecule has 1 amide bonds. The maximum absolute atomic E-state index is 13.2. The molecular formula is C18H14F6N2O. The number of carbonyl (C=O) groups is 1. The van der Waals surface area contributed by atoms with Gasteiger partial charge in [0.05, 0.1) is 11.1 Å². The fourth-order valence-electron chi connectivity index (χ4n) is 2.73. The minimum Gasteiger partial charge on any atom is -0.331 e. The van der Waals surface area contributed by atoms with Crippen molar-refractivity contribution >= 4 is 5.91 Å². The quantitative estimate of drug-likeness (QED) is 0.697. The van der Waals surface area contributed by atoms with Crippen LogP contribution in [0, 0.1) is 0 Å². The zero-order chi connectivity index (χ0) is 19.8. The van der Waals surface area contributed by atoms with E-state index in [-0.39, 0.29) is 23.7 Å². The number of halogens is 6. The molecule has 9 heteroatoms. The van der Waals surface area contributed by atoms with Gasteiger partial charge in [0.25, 0.3) is 5.91 Å². The van der Waals surface area contributed by atoms with Crippen LogP contribution in [-0.2, 0) is 18.9 Å². The van der Waals surface area contributed by atoms with Gasteiger partial charge in [-0.1, -0.05) is 18.2 Å². The lowest BCUT2D eigenvalue weighted by atomic mass is 10.1. The van der Waals surface area contributed by atoms with E-state index in [0.29, 0.717) is 18.9 Å². The molecule has 1 aliphatic carbocycles. The van der Waals surface area contributed by atoms with Gasteiger partial charge in [0.1, 0.15) is 5.69 Å². The summed E-state index contributed by atoms with van der Waals surface area (Å²) in [7, 11) is 0. The molecule has 0 atom stereocenters. The lowest BCUT2D eigenvalue weighted by molar-refractivity contribution is -0.141. The largest absolute Gasteiger partial charge is 0.433 e. The first-order chi connectivity index (χ1) is 12.6. The van der Waals surface area contributed by atoms with E-state index in [9.17, 15) is 31.1 Å². The normalized spacial score (nSPS) is 14.9. The Labute approximate surface area is 150 Å². The van der Waals surface area contributed by atoms with Crippen LogP contribution in [0.1, 0.15) is 40.0 Å². The standard InChI is InChI=1S/C18H14F6N2O/c19-17(20,21)14-4-2-1-3-12(14)10-26(13-6-7-13)16(27)11-5-8-15(25-9-11)18(22,23)24/h1-5,8-9,13H,6-7,10H2. The summed E-state index contributed by atoms with van der Waals surface area (Å²) in [5.74, 6) is -0.643. The number of hydrogen-bond acceptors (Lipinski definition) is 2. The van der Waals surface area contributed by atoms with Crippen molar-refractivity contribution in [2.45, 2.75) is 37.8 Å². The van der Waals surface area contributed by atoms with Crippen molar-refractivity contribution in [2.75, 3.05) is 0 Å². The van der Waals surface area contributed by atoms with Crippen LogP contribution < -0.4 is 0 Å². The summed E-state index contributed by atoms with van der Waals surface area (Å²) in [5, 5.41) is 0. The number of carbonyl (C=O) groups excluding carboxylic acids is 1. The van der Waals surface area contributed by atoms with Crippen LogP contribution in [0.3, 0.4) is 0 Å². The molecule has 1 saturated carbocycles. The third kappa shape index (κ3) is 4.40. The molecule has 1 aromatic heterocycles. The van der Waals surface area contributed by atoms with E-state index in [4.69, 9.17) is 0 Å². The van der Waals surface area contributed by atoms with Gasteiger partial charge in [-0.3, -0.25) is 9.78 Å². The second-order valence-electron chi connectivity index (χ2n) is 6.25. The Bertz CT molecular complexity index is 825. The van der Waals surface area contributed by atoms with Crippen molar-refractivity contribution in [1.82, 2.24) is 9.88 Å². The second kappa shape index (κ2) is 6.86. The van der Waals surface area contributed by atoms with Crippen molar-refractivity contribution < 1.29 is 31.1 Å². The summed E-state index contributed by atoms with van der Waals surface area (Å²) in [6.07, 6.45) is -7.13. The van der Waals surface area contributed by atoms with Gasteiger partial charge < -0.3 is 4.90 Å². The van der Waals surface area contributed by atoms with Gasteiger partial charge in [-0.15, -0.1) is 0 Å². The van der Waals surface area contributed by atoms with Crippen molar-refractivity contribution in [3.63, 3.8) is 0 Å². The van der Waals surface area contributed by atoms with Gasteiger partial charge in [-0.05, 0) is 36.6 Å². The highest BCUT2D eigenvalue weighted by Gasteiger charge is 2.38. The summed E-state index contributed by atoms with van der Waals surface area (Å²) >= 11 is 0. The minimum atomic E-state index is -4.64. The summed E-state index contributed by atoms with van der Waals surface area (Å²) in [6.45, 7) is -0.278. The molecule has 1 aromatic carbocycles. The van der Waals surface area contributed by atoms with Crippen LogP contribution in [-0.4, -0.2) is 21.8 Å².